The van der Waals surface area contributed by atoms with Crippen LogP contribution in [0.15, 0.2) is 91.0 Å². The number of anilines is 1. The third-order valence-corrected chi connectivity index (χ3v) is 6.25. The van der Waals surface area contributed by atoms with E-state index in [0.717, 1.165) is 26.8 Å². The standard InChI is InChI=1S/C25H25N3S/c1-24(2,3)22-27-28-23(29-22)26-25(19-13-7-4-8-14-19,20-15-9-5-10-16-20)21-17-11-6-12-18-21/h4-18H,1-3H3,(H,26,28). The summed E-state index contributed by atoms with van der Waals surface area (Å²) in [5.41, 5.74) is 2.87. The van der Waals surface area contributed by atoms with Gasteiger partial charge in [-0.1, -0.05) is 123 Å². The fourth-order valence-electron chi connectivity index (χ4n) is 3.52. The zero-order chi connectivity index (χ0) is 20.3. The third-order valence-electron chi connectivity index (χ3n) is 4.98. The van der Waals surface area contributed by atoms with Crippen LogP contribution in [0.2, 0.25) is 0 Å². The van der Waals surface area contributed by atoms with Crippen LogP contribution in [0.1, 0.15) is 42.5 Å². The second-order valence-electron chi connectivity index (χ2n) is 8.14. The molecule has 3 nitrogen and oxygen atoms in total. The van der Waals surface area contributed by atoms with Crippen molar-refractivity contribution >= 4 is 16.5 Å². The molecule has 4 rings (SSSR count). The monoisotopic (exact) mass is 399 g/mol. The lowest BCUT2D eigenvalue weighted by molar-refractivity contribution is 0.578. The highest BCUT2D eigenvalue weighted by molar-refractivity contribution is 7.15. The van der Waals surface area contributed by atoms with E-state index in [1.165, 1.54) is 0 Å². The molecule has 146 valence electrons. The Balaban J connectivity index is 1.94. The van der Waals surface area contributed by atoms with Gasteiger partial charge in [0.15, 0.2) is 0 Å². The van der Waals surface area contributed by atoms with E-state index in [0.29, 0.717) is 0 Å². The first-order valence-electron chi connectivity index (χ1n) is 9.79. The highest BCUT2D eigenvalue weighted by atomic mass is 32.1. The molecule has 0 saturated carbocycles. The SMILES string of the molecule is CC(C)(C)c1nnc(NC(c2ccccc2)(c2ccccc2)c2ccccc2)s1. The Labute approximate surface area is 176 Å². The molecule has 0 saturated heterocycles. The molecule has 0 spiro atoms. The van der Waals surface area contributed by atoms with Gasteiger partial charge >= 0.3 is 0 Å². The number of nitrogens with zero attached hydrogens (tertiary/aromatic N) is 2. The van der Waals surface area contributed by atoms with Crippen molar-refractivity contribution in [2.75, 3.05) is 5.32 Å². The van der Waals surface area contributed by atoms with E-state index >= 15 is 0 Å². The van der Waals surface area contributed by atoms with E-state index in [9.17, 15) is 0 Å². The second kappa shape index (κ2) is 7.80. The van der Waals surface area contributed by atoms with Crippen molar-refractivity contribution in [1.82, 2.24) is 10.2 Å². The van der Waals surface area contributed by atoms with Gasteiger partial charge < -0.3 is 5.32 Å². The zero-order valence-corrected chi connectivity index (χ0v) is 17.8. The van der Waals surface area contributed by atoms with E-state index in [1.807, 2.05) is 18.2 Å². The molecule has 1 heterocycles. The highest BCUT2D eigenvalue weighted by Gasteiger charge is 2.37. The maximum atomic E-state index is 4.50. The maximum Gasteiger partial charge on any atom is 0.206 e. The van der Waals surface area contributed by atoms with Gasteiger partial charge in [0.25, 0.3) is 0 Å². The predicted molar refractivity (Wildman–Crippen MR) is 121 cm³/mol. The molecular formula is C25H25N3S. The summed E-state index contributed by atoms with van der Waals surface area (Å²) in [7, 11) is 0. The number of nitrogens with one attached hydrogen (secondary N) is 1. The van der Waals surface area contributed by atoms with Crippen LogP contribution in [0.3, 0.4) is 0 Å². The van der Waals surface area contributed by atoms with Crippen LogP contribution in [0.5, 0.6) is 0 Å². The summed E-state index contributed by atoms with van der Waals surface area (Å²) in [4.78, 5) is 0. The van der Waals surface area contributed by atoms with Crippen molar-refractivity contribution in [3.63, 3.8) is 0 Å². The molecule has 4 aromatic rings. The van der Waals surface area contributed by atoms with Crippen molar-refractivity contribution in [2.45, 2.75) is 31.7 Å². The molecule has 0 radical (unpaired) electrons. The summed E-state index contributed by atoms with van der Waals surface area (Å²) >= 11 is 1.62. The second-order valence-corrected chi connectivity index (χ2v) is 9.11. The van der Waals surface area contributed by atoms with Crippen molar-refractivity contribution < 1.29 is 0 Å². The van der Waals surface area contributed by atoms with Gasteiger partial charge in [-0.15, -0.1) is 10.2 Å². The van der Waals surface area contributed by atoms with Gasteiger partial charge in [0.05, 0.1) is 0 Å². The van der Waals surface area contributed by atoms with Crippen LogP contribution in [0, 0.1) is 0 Å². The minimum absolute atomic E-state index is 0.0352. The first-order chi connectivity index (χ1) is 14.0. The van der Waals surface area contributed by atoms with Crippen LogP contribution < -0.4 is 5.32 Å². The van der Waals surface area contributed by atoms with Gasteiger partial charge in [-0.2, -0.15) is 0 Å². The molecule has 0 amide bonds. The van der Waals surface area contributed by atoms with E-state index in [-0.39, 0.29) is 5.41 Å². The lowest BCUT2D eigenvalue weighted by Crippen LogP contribution is -2.38. The third kappa shape index (κ3) is 3.81. The molecule has 0 unspecified atom stereocenters. The Bertz CT molecular complexity index is 955. The molecule has 0 aliphatic rings. The predicted octanol–water partition coefficient (Wildman–Crippen LogP) is 6.24. The van der Waals surface area contributed by atoms with Crippen LogP contribution in [0.4, 0.5) is 5.13 Å². The molecule has 0 fully saturated rings. The smallest absolute Gasteiger partial charge is 0.206 e. The summed E-state index contributed by atoms with van der Waals surface area (Å²) in [6.07, 6.45) is 0. The zero-order valence-electron chi connectivity index (χ0n) is 17.0. The van der Waals surface area contributed by atoms with Crippen molar-refractivity contribution in [2.24, 2.45) is 0 Å². The molecule has 29 heavy (non-hydrogen) atoms. The van der Waals surface area contributed by atoms with Gasteiger partial charge in [-0.25, -0.2) is 0 Å². The summed E-state index contributed by atoms with van der Waals surface area (Å²) < 4.78 is 0. The Morgan fingerprint density at radius 2 is 1.03 bits per heavy atom. The molecular weight excluding hydrogens is 374 g/mol. The van der Waals surface area contributed by atoms with Gasteiger partial charge in [0.1, 0.15) is 10.5 Å². The maximum absolute atomic E-state index is 4.50. The fourth-order valence-corrected chi connectivity index (χ4v) is 4.37. The lowest BCUT2D eigenvalue weighted by Gasteiger charge is -2.36. The van der Waals surface area contributed by atoms with Crippen molar-refractivity contribution in [3.8, 4) is 0 Å². The number of hydrogen-bond donors (Lipinski definition) is 1. The molecule has 1 N–H and O–H groups in total. The first kappa shape index (κ1) is 19.3. The topological polar surface area (TPSA) is 37.8 Å². The normalized spacial score (nSPS) is 12.0. The minimum atomic E-state index is -0.571. The molecule has 4 heteroatoms. The van der Waals surface area contributed by atoms with Crippen LogP contribution in [0.25, 0.3) is 0 Å². The lowest BCUT2D eigenvalue weighted by atomic mass is 9.77. The quantitative estimate of drug-likeness (QED) is 0.404. The number of hydrogen-bond acceptors (Lipinski definition) is 4. The first-order valence-corrected chi connectivity index (χ1v) is 10.6. The molecule has 3 aromatic carbocycles. The van der Waals surface area contributed by atoms with Crippen molar-refractivity contribution in [3.05, 3.63) is 113 Å². The highest BCUT2D eigenvalue weighted by Crippen LogP contribution is 2.41. The largest absolute Gasteiger partial charge is 0.342 e. The molecule has 0 aliphatic heterocycles. The van der Waals surface area contributed by atoms with Crippen LogP contribution >= 0.6 is 11.3 Å². The van der Waals surface area contributed by atoms with E-state index in [2.05, 4.69) is 109 Å². The summed E-state index contributed by atoms with van der Waals surface area (Å²) in [5, 5.41) is 14.6. The van der Waals surface area contributed by atoms with Crippen LogP contribution in [-0.4, -0.2) is 10.2 Å². The van der Waals surface area contributed by atoms with Crippen LogP contribution in [-0.2, 0) is 11.0 Å². The van der Waals surface area contributed by atoms with Gasteiger partial charge in [-0.05, 0) is 16.7 Å². The van der Waals surface area contributed by atoms with Gasteiger partial charge in [0.2, 0.25) is 5.13 Å². The van der Waals surface area contributed by atoms with Gasteiger partial charge in [0, 0.05) is 5.41 Å². The summed E-state index contributed by atoms with van der Waals surface area (Å²) in [6.45, 7) is 6.49. The Morgan fingerprint density at radius 3 is 1.38 bits per heavy atom. The fraction of sp³-hybridized carbons (Fsp3) is 0.200. The molecule has 1 aromatic heterocycles. The van der Waals surface area contributed by atoms with E-state index in [4.69, 9.17) is 0 Å². The average Bonchev–Trinajstić information content (AvgIpc) is 3.23. The van der Waals surface area contributed by atoms with Crippen molar-refractivity contribution in [1.29, 1.82) is 0 Å². The molecule has 0 aliphatic carbocycles. The number of aromatic nitrogens is 2. The van der Waals surface area contributed by atoms with Gasteiger partial charge in [-0.3, -0.25) is 0 Å². The average molecular weight is 400 g/mol. The summed E-state index contributed by atoms with van der Waals surface area (Å²) in [6, 6.07) is 31.6. The minimum Gasteiger partial charge on any atom is -0.342 e. The number of rotatable bonds is 5. The Hall–Kier alpha value is -2.98. The molecule has 0 bridgehead atoms. The summed E-state index contributed by atoms with van der Waals surface area (Å²) in [5.74, 6) is 0. The number of benzene rings is 3. The van der Waals surface area contributed by atoms with E-state index in [1.54, 1.807) is 11.3 Å². The van der Waals surface area contributed by atoms with E-state index < -0.39 is 5.54 Å². The Morgan fingerprint density at radius 1 is 0.621 bits per heavy atom. The molecule has 0 atom stereocenters. The Kier molecular flexibility index (Phi) is 5.20.